The van der Waals surface area contributed by atoms with Crippen LogP contribution in [-0.4, -0.2) is 36.2 Å². The highest BCUT2D eigenvalue weighted by atomic mass is 16.6. The van der Waals surface area contributed by atoms with Gasteiger partial charge < -0.3 is 20.1 Å². The first-order chi connectivity index (χ1) is 12.4. The van der Waals surface area contributed by atoms with Crippen LogP contribution in [0.4, 0.5) is 10.5 Å². The van der Waals surface area contributed by atoms with Gasteiger partial charge in [0.25, 0.3) is 0 Å². The Kier molecular flexibility index (Phi) is 6.16. The van der Waals surface area contributed by atoms with Crippen LogP contribution >= 0.6 is 0 Å². The number of nitrogens with zero attached hydrogens (tertiary/aromatic N) is 1. The molecule has 1 aromatic carbocycles. The van der Waals surface area contributed by atoms with E-state index in [1.807, 2.05) is 6.92 Å². The molecule has 1 aliphatic rings. The predicted molar refractivity (Wildman–Crippen MR) is 92.7 cm³/mol. The molecule has 0 saturated heterocycles. The van der Waals surface area contributed by atoms with Crippen molar-refractivity contribution < 1.29 is 24.0 Å². The molecule has 0 aromatic heterocycles. The number of hydrogen-bond donors (Lipinski definition) is 2. The second-order valence-electron chi connectivity index (χ2n) is 5.69. The molecule has 9 nitrogen and oxygen atoms in total. The fourth-order valence-corrected chi connectivity index (χ4v) is 2.62. The Labute approximate surface area is 150 Å². The molecular weight excluding hydrogens is 342 g/mol. The van der Waals surface area contributed by atoms with Crippen molar-refractivity contribution in [2.45, 2.75) is 33.2 Å². The number of rotatable bonds is 7. The molecule has 0 radical (unpaired) electrons. The predicted octanol–water partition coefficient (Wildman–Crippen LogP) is 2.19. The highest BCUT2D eigenvalue weighted by molar-refractivity contribution is 5.94. The fraction of sp³-hybridized carbons (Fsp3) is 0.412. The zero-order valence-corrected chi connectivity index (χ0v) is 14.8. The summed E-state index contributed by atoms with van der Waals surface area (Å²) in [6, 6.07) is 3.57. The molecule has 0 unspecified atom stereocenters. The van der Waals surface area contributed by atoms with Gasteiger partial charge in [-0.1, -0.05) is 13.0 Å². The number of esters is 1. The smallest absolute Gasteiger partial charge is 0.338 e. The molecule has 1 aromatic rings. The number of benzene rings is 1. The summed E-state index contributed by atoms with van der Waals surface area (Å²) in [4.78, 5) is 34.8. The third-order valence-corrected chi connectivity index (χ3v) is 3.83. The summed E-state index contributed by atoms with van der Waals surface area (Å²) in [5.41, 5.74) is 1.02. The minimum Gasteiger partial charge on any atom is -0.480 e. The largest absolute Gasteiger partial charge is 0.480 e. The third kappa shape index (κ3) is 4.29. The number of nitro benzene ring substituents is 1. The standard InChI is InChI=1S/C17H21N3O6/c1-4-11-15(16(21)25-5-2)12(19-17(22)18-11)9-26-14-7-6-10(3)8-13(14)20(23)24/h6-8,11H,4-5,9H2,1-3H3,(H2,18,19,22)/t11-/m1/s1. The van der Waals surface area contributed by atoms with Crippen molar-refractivity contribution in [2.75, 3.05) is 13.2 Å². The Balaban J connectivity index is 2.33. The molecule has 0 aliphatic carbocycles. The number of ether oxygens (including phenoxy) is 2. The average Bonchev–Trinajstić information content (AvgIpc) is 2.59. The van der Waals surface area contributed by atoms with Crippen LogP contribution < -0.4 is 15.4 Å². The maximum Gasteiger partial charge on any atom is 0.338 e. The first kappa shape index (κ1) is 19.2. The van der Waals surface area contributed by atoms with E-state index in [4.69, 9.17) is 9.47 Å². The van der Waals surface area contributed by atoms with Gasteiger partial charge in [-0.05, 0) is 31.9 Å². The van der Waals surface area contributed by atoms with Gasteiger partial charge in [-0.25, -0.2) is 9.59 Å². The van der Waals surface area contributed by atoms with Gasteiger partial charge >= 0.3 is 17.7 Å². The van der Waals surface area contributed by atoms with Gasteiger partial charge in [0.15, 0.2) is 5.75 Å². The van der Waals surface area contributed by atoms with Gasteiger partial charge in [0.05, 0.1) is 28.8 Å². The van der Waals surface area contributed by atoms with E-state index >= 15 is 0 Å². The number of urea groups is 1. The average molecular weight is 363 g/mol. The zero-order valence-electron chi connectivity index (χ0n) is 14.8. The quantitative estimate of drug-likeness (QED) is 0.435. The van der Waals surface area contributed by atoms with Gasteiger partial charge in [0, 0.05) is 6.07 Å². The summed E-state index contributed by atoms with van der Waals surface area (Å²) >= 11 is 0. The molecule has 0 bridgehead atoms. The number of carbonyl (C=O) groups is 2. The van der Waals surface area contributed by atoms with E-state index in [0.717, 1.165) is 5.56 Å². The maximum absolute atomic E-state index is 12.3. The Morgan fingerprint density at radius 2 is 2.08 bits per heavy atom. The van der Waals surface area contributed by atoms with Gasteiger partial charge in [-0.3, -0.25) is 10.1 Å². The summed E-state index contributed by atoms with van der Waals surface area (Å²) in [6.07, 6.45) is 0.482. The van der Waals surface area contributed by atoms with Crippen LogP contribution in [0.25, 0.3) is 0 Å². The molecular formula is C17H21N3O6. The van der Waals surface area contributed by atoms with Crippen molar-refractivity contribution in [3.05, 3.63) is 45.1 Å². The van der Waals surface area contributed by atoms with Crippen LogP contribution in [-0.2, 0) is 9.53 Å². The molecule has 0 spiro atoms. The first-order valence-corrected chi connectivity index (χ1v) is 8.22. The van der Waals surface area contributed by atoms with Crippen molar-refractivity contribution in [2.24, 2.45) is 0 Å². The number of hydrogen-bond acceptors (Lipinski definition) is 6. The van der Waals surface area contributed by atoms with Gasteiger partial charge in [-0.2, -0.15) is 0 Å². The second kappa shape index (κ2) is 8.32. The molecule has 1 aliphatic heterocycles. The first-order valence-electron chi connectivity index (χ1n) is 8.22. The highest BCUT2D eigenvalue weighted by Gasteiger charge is 2.32. The molecule has 0 fully saturated rings. The molecule has 2 amide bonds. The van der Waals surface area contributed by atoms with Gasteiger partial charge in [0.1, 0.15) is 6.61 Å². The molecule has 140 valence electrons. The van der Waals surface area contributed by atoms with E-state index in [-0.39, 0.29) is 35.9 Å². The van der Waals surface area contributed by atoms with Crippen LogP contribution in [0.5, 0.6) is 5.75 Å². The minimum absolute atomic E-state index is 0.0529. The third-order valence-electron chi connectivity index (χ3n) is 3.83. The second-order valence-corrected chi connectivity index (χ2v) is 5.69. The summed E-state index contributed by atoms with van der Waals surface area (Å²) < 4.78 is 10.6. The normalized spacial score (nSPS) is 16.6. The van der Waals surface area contributed by atoms with E-state index in [1.165, 1.54) is 12.1 Å². The summed E-state index contributed by atoms with van der Waals surface area (Å²) in [7, 11) is 0. The minimum atomic E-state index is -0.566. The molecule has 0 saturated carbocycles. The summed E-state index contributed by atoms with van der Waals surface area (Å²) in [5, 5.41) is 16.4. The highest BCUT2D eigenvalue weighted by Crippen LogP contribution is 2.28. The lowest BCUT2D eigenvalue weighted by Crippen LogP contribution is -2.51. The van der Waals surface area contributed by atoms with Crippen molar-refractivity contribution in [3.8, 4) is 5.75 Å². The number of amides is 2. The lowest BCUT2D eigenvalue weighted by atomic mass is 10.0. The zero-order chi connectivity index (χ0) is 19.3. The van der Waals surface area contributed by atoms with Crippen LogP contribution in [0.1, 0.15) is 25.8 Å². The fourth-order valence-electron chi connectivity index (χ4n) is 2.62. The maximum atomic E-state index is 12.3. The van der Waals surface area contributed by atoms with Crippen LogP contribution in [0.3, 0.4) is 0 Å². The Morgan fingerprint density at radius 1 is 1.35 bits per heavy atom. The van der Waals surface area contributed by atoms with Crippen LogP contribution in [0.2, 0.25) is 0 Å². The molecule has 26 heavy (non-hydrogen) atoms. The molecule has 1 atom stereocenters. The molecule has 9 heteroatoms. The van der Waals surface area contributed by atoms with E-state index in [9.17, 15) is 19.7 Å². The van der Waals surface area contributed by atoms with Crippen LogP contribution in [0.15, 0.2) is 29.5 Å². The lowest BCUT2D eigenvalue weighted by Gasteiger charge is -2.28. The van der Waals surface area contributed by atoms with E-state index in [1.54, 1.807) is 19.9 Å². The molecule has 1 heterocycles. The topological polar surface area (TPSA) is 120 Å². The molecule has 2 N–H and O–H groups in total. The SMILES string of the molecule is CCOC(=O)C1=C(COc2ccc(C)cc2[N+](=O)[O-])NC(=O)N[C@@H]1CC. The van der Waals surface area contributed by atoms with Gasteiger partial charge in [0.2, 0.25) is 0 Å². The monoisotopic (exact) mass is 363 g/mol. The molecule has 2 rings (SSSR count). The number of nitrogens with one attached hydrogen (secondary N) is 2. The summed E-state index contributed by atoms with van der Waals surface area (Å²) in [5.74, 6) is -0.513. The number of aryl methyl sites for hydroxylation is 1. The van der Waals surface area contributed by atoms with Gasteiger partial charge in [-0.15, -0.1) is 0 Å². The van der Waals surface area contributed by atoms with Crippen molar-refractivity contribution in [1.29, 1.82) is 0 Å². The Bertz CT molecular complexity index is 759. The lowest BCUT2D eigenvalue weighted by molar-refractivity contribution is -0.385. The van der Waals surface area contributed by atoms with Crippen molar-refractivity contribution in [3.63, 3.8) is 0 Å². The van der Waals surface area contributed by atoms with E-state index in [2.05, 4.69) is 10.6 Å². The summed E-state index contributed by atoms with van der Waals surface area (Å²) in [6.45, 7) is 5.21. The Hall–Kier alpha value is -3.10. The van der Waals surface area contributed by atoms with Crippen LogP contribution in [0, 0.1) is 17.0 Å². The van der Waals surface area contributed by atoms with E-state index in [0.29, 0.717) is 6.42 Å². The number of nitro groups is 1. The van der Waals surface area contributed by atoms with E-state index < -0.39 is 23.0 Å². The van der Waals surface area contributed by atoms with Crippen molar-refractivity contribution >= 4 is 17.7 Å². The number of carbonyl (C=O) groups excluding carboxylic acids is 2. The van der Waals surface area contributed by atoms with Crippen molar-refractivity contribution in [1.82, 2.24) is 10.6 Å². The Morgan fingerprint density at radius 3 is 2.69 bits per heavy atom.